The first-order valence-corrected chi connectivity index (χ1v) is 9.63. The number of nitrogens with zero attached hydrogens (tertiary/aromatic N) is 1. The minimum absolute atomic E-state index is 0.0176. The zero-order valence-corrected chi connectivity index (χ0v) is 16.0. The molecule has 0 aliphatic carbocycles. The molecule has 1 heterocycles. The number of ether oxygens (including phenoxy) is 1. The van der Waals surface area contributed by atoms with Gasteiger partial charge in [0.1, 0.15) is 5.75 Å². The molecule has 7 nitrogen and oxygen atoms in total. The van der Waals surface area contributed by atoms with Crippen molar-refractivity contribution >= 4 is 17.8 Å². The topological polar surface area (TPSA) is 95.9 Å². The fraction of sp³-hybridized carbons (Fsp3) is 0.318. The molecule has 0 atom stereocenters. The summed E-state index contributed by atoms with van der Waals surface area (Å²) in [6.07, 6.45) is 1.57. The highest BCUT2D eigenvalue weighted by Gasteiger charge is 2.25. The highest BCUT2D eigenvalue weighted by Crippen LogP contribution is 2.15. The van der Waals surface area contributed by atoms with Crippen LogP contribution in [0.5, 0.6) is 5.75 Å². The lowest BCUT2D eigenvalue weighted by Crippen LogP contribution is -2.47. The molecule has 1 saturated heterocycles. The molecular weight excluding hydrogens is 372 g/mol. The molecule has 0 unspecified atom stereocenters. The van der Waals surface area contributed by atoms with E-state index in [9.17, 15) is 19.5 Å². The van der Waals surface area contributed by atoms with E-state index >= 15 is 0 Å². The summed E-state index contributed by atoms with van der Waals surface area (Å²) in [7, 11) is 0. The van der Waals surface area contributed by atoms with E-state index in [4.69, 9.17) is 4.74 Å². The van der Waals surface area contributed by atoms with E-state index in [1.165, 1.54) is 12.1 Å². The molecule has 0 radical (unpaired) electrons. The van der Waals surface area contributed by atoms with Crippen molar-refractivity contribution in [1.82, 2.24) is 10.2 Å². The number of carboxylic acid groups (broad SMARTS) is 1. The lowest BCUT2D eigenvalue weighted by molar-refractivity contribution is -0.132. The number of benzene rings is 2. The molecule has 0 aromatic heterocycles. The number of rotatable bonds is 7. The van der Waals surface area contributed by atoms with Gasteiger partial charge in [0.15, 0.2) is 0 Å². The highest BCUT2D eigenvalue weighted by atomic mass is 16.5. The summed E-state index contributed by atoms with van der Waals surface area (Å²) in [6.45, 7) is 1.43. The molecule has 0 saturated carbocycles. The van der Waals surface area contributed by atoms with Gasteiger partial charge in [-0.05, 0) is 37.1 Å². The van der Waals surface area contributed by atoms with Crippen molar-refractivity contribution < 1.29 is 24.2 Å². The molecule has 1 aliphatic rings. The van der Waals surface area contributed by atoms with E-state index in [0.29, 0.717) is 39.0 Å². The normalized spacial score (nSPS) is 14.3. The minimum Gasteiger partial charge on any atom is -0.493 e. The standard InChI is InChI=1S/C22H24N2O5/c25-20(12-15-29-17-6-2-1-3-7-17)24-13-10-16(11-14-24)23-21(26)18-8-4-5-9-19(18)22(27)28/h1-9,16H,10-15H2,(H,23,26)(H,27,28). The Bertz CT molecular complexity index is 861. The quantitative estimate of drug-likeness (QED) is 0.750. The van der Waals surface area contributed by atoms with Crippen molar-refractivity contribution in [2.24, 2.45) is 0 Å². The van der Waals surface area contributed by atoms with Crippen LogP contribution in [0, 0.1) is 0 Å². The van der Waals surface area contributed by atoms with Gasteiger partial charge in [-0.3, -0.25) is 9.59 Å². The number of carbonyl (C=O) groups excluding carboxylic acids is 2. The third-order valence-corrected chi connectivity index (χ3v) is 4.91. The zero-order chi connectivity index (χ0) is 20.6. The van der Waals surface area contributed by atoms with Gasteiger partial charge < -0.3 is 20.1 Å². The van der Waals surface area contributed by atoms with Gasteiger partial charge in [0.2, 0.25) is 5.91 Å². The van der Waals surface area contributed by atoms with Gasteiger partial charge in [0.25, 0.3) is 5.91 Å². The maximum absolute atomic E-state index is 12.5. The van der Waals surface area contributed by atoms with Crippen molar-refractivity contribution in [2.45, 2.75) is 25.3 Å². The molecule has 0 spiro atoms. The Labute approximate surface area is 169 Å². The Balaban J connectivity index is 1.44. The molecule has 2 aromatic rings. The monoisotopic (exact) mass is 396 g/mol. The van der Waals surface area contributed by atoms with E-state index < -0.39 is 11.9 Å². The van der Waals surface area contributed by atoms with Crippen LogP contribution in [0.3, 0.4) is 0 Å². The number of aromatic carboxylic acids is 1. The van der Waals surface area contributed by atoms with Crippen LogP contribution in [0.15, 0.2) is 54.6 Å². The summed E-state index contributed by atoms with van der Waals surface area (Å²) >= 11 is 0. The van der Waals surface area contributed by atoms with Gasteiger partial charge >= 0.3 is 5.97 Å². The molecule has 2 N–H and O–H groups in total. The Hall–Kier alpha value is -3.35. The van der Waals surface area contributed by atoms with Crippen LogP contribution in [0.4, 0.5) is 0 Å². The van der Waals surface area contributed by atoms with Crippen molar-refractivity contribution in [3.63, 3.8) is 0 Å². The fourth-order valence-electron chi connectivity index (χ4n) is 3.34. The smallest absolute Gasteiger partial charge is 0.336 e. The third kappa shape index (κ3) is 5.57. The van der Waals surface area contributed by atoms with E-state index in [1.807, 2.05) is 30.3 Å². The van der Waals surface area contributed by atoms with Gasteiger partial charge in [-0.2, -0.15) is 0 Å². The average molecular weight is 396 g/mol. The second kappa shape index (κ2) is 9.73. The van der Waals surface area contributed by atoms with E-state index in [-0.39, 0.29) is 23.1 Å². The van der Waals surface area contributed by atoms with E-state index in [1.54, 1.807) is 17.0 Å². The number of para-hydroxylation sites is 1. The largest absolute Gasteiger partial charge is 0.493 e. The predicted molar refractivity (Wildman–Crippen MR) is 107 cm³/mol. The van der Waals surface area contributed by atoms with Crippen LogP contribution >= 0.6 is 0 Å². The van der Waals surface area contributed by atoms with Gasteiger partial charge in [0, 0.05) is 19.1 Å². The Morgan fingerprint density at radius 3 is 2.24 bits per heavy atom. The maximum Gasteiger partial charge on any atom is 0.336 e. The van der Waals surface area contributed by atoms with Crippen LogP contribution in [0.2, 0.25) is 0 Å². The first-order chi connectivity index (χ1) is 14.0. The average Bonchev–Trinajstić information content (AvgIpc) is 2.75. The van der Waals surface area contributed by atoms with Crippen LogP contribution in [0.25, 0.3) is 0 Å². The van der Waals surface area contributed by atoms with E-state index in [2.05, 4.69) is 5.32 Å². The predicted octanol–water partition coefficient (Wildman–Crippen LogP) is 2.57. The molecule has 7 heteroatoms. The molecule has 29 heavy (non-hydrogen) atoms. The second-order valence-electron chi connectivity index (χ2n) is 6.89. The number of likely N-dealkylation sites (tertiary alicyclic amines) is 1. The first-order valence-electron chi connectivity index (χ1n) is 9.63. The summed E-state index contributed by atoms with van der Waals surface area (Å²) in [6, 6.07) is 15.4. The number of carboxylic acids is 1. The van der Waals surface area contributed by atoms with Crippen molar-refractivity contribution in [2.75, 3.05) is 19.7 Å². The van der Waals surface area contributed by atoms with E-state index in [0.717, 1.165) is 5.75 Å². The number of hydrogen-bond donors (Lipinski definition) is 2. The molecule has 3 rings (SSSR count). The molecule has 0 bridgehead atoms. The molecule has 2 amide bonds. The van der Waals surface area contributed by atoms with Crippen LogP contribution in [0.1, 0.15) is 40.0 Å². The zero-order valence-electron chi connectivity index (χ0n) is 16.0. The lowest BCUT2D eigenvalue weighted by Gasteiger charge is -2.32. The summed E-state index contributed by atoms with van der Waals surface area (Å²) in [5, 5.41) is 12.1. The number of amides is 2. The number of carbonyl (C=O) groups is 3. The number of hydrogen-bond acceptors (Lipinski definition) is 4. The Kier molecular flexibility index (Phi) is 6.84. The first kappa shape index (κ1) is 20.4. The Morgan fingerprint density at radius 2 is 1.59 bits per heavy atom. The van der Waals surface area contributed by atoms with Crippen molar-refractivity contribution in [1.29, 1.82) is 0 Å². The molecule has 152 valence electrons. The third-order valence-electron chi connectivity index (χ3n) is 4.91. The van der Waals surface area contributed by atoms with Gasteiger partial charge in [0.05, 0.1) is 24.2 Å². The summed E-state index contributed by atoms with van der Waals surface area (Å²) in [4.78, 5) is 37.9. The molecular formula is C22H24N2O5. The highest BCUT2D eigenvalue weighted by molar-refractivity contribution is 6.04. The molecule has 1 aliphatic heterocycles. The second-order valence-corrected chi connectivity index (χ2v) is 6.89. The van der Waals surface area contributed by atoms with Crippen molar-refractivity contribution in [3.05, 3.63) is 65.7 Å². The Morgan fingerprint density at radius 1 is 0.966 bits per heavy atom. The van der Waals surface area contributed by atoms with Crippen LogP contribution < -0.4 is 10.1 Å². The van der Waals surface area contributed by atoms with Crippen molar-refractivity contribution in [3.8, 4) is 5.75 Å². The fourth-order valence-corrected chi connectivity index (χ4v) is 3.34. The van der Waals surface area contributed by atoms with Crippen LogP contribution in [-0.2, 0) is 4.79 Å². The summed E-state index contributed by atoms with van der Waals surface area (Å²) in [5.41, 5.74) is 0.132. The van der Waals surface area contributed by atoms with Gasteiger partial charge in [-0.15, -0.1) is 0 Å². The molecule has 1 fully saturated rings. The van der Waals surface area contributed by atoms with Gasteiger partial charge in [-0.25, -0.2) is 4.79 Å². The lowest BCUT2D eigenvalue weighted by atomic mass is 10.0. The summed E-state index contributed by atoms with van der Waals surface area (Å²) < 4.78 is 5.57. The number of piperidine rings is 1. The maximum atomic E-state index is 12.5. The molecule has 2 aromatic carbocycles. The van der Waals surface area contributed by atoms with Crippen LogP contribution in [-0.4, -0.2) is 53.5 Å². The number of nitrogens with one attached hydrogen (secondary N) is 1. The SMILES string of the molecule is O=C(O)c1ccccc1C(=O)NC1CCN(C(=O)CCOc2ccccc2)CC1. The minimum atomic E-state index is -1.13. The summed E-state index contributed by atoms with van der Waals surface area (Å²) in [5.74, 6) is -0.761. The van der Waals surface area contributed by atoms with Gasteiger partial charge in [-0.1, -0.05) is 30.3 Å².